The molecule has 0 saturated carbocycles. The van der Waals surface area contributed by atoms with Crippen LogP contribution < -0.4 is 0 Å². The Morgan fingerprint density at radius 3 is 2.14 bits per heavy atom. The number of hydrogen-bond acceptors (Lipinski definition) is 1. The second-order valence-corrected chi connectivity index (χ2v) is 6.19. The summed E-state index contributed by atoms with van der Waals surface area (Å²) in [6.45, 7) is 6.22. The molecule has 0 saturated heterocycles. The summed E-state index contributed by atoms with van der Waals surface area (Å²) in [4.78, 5) is 0. The maximum atomic E-state index is 12.3. The topological polar surface area (TPSA) is 29.4 Å². The molecule has 0 bridgehead atoms. The van der Waals surface area contributed by atoms with Gasteiger partial charge in [-0.2, -0.15) is 4.40 Å². The highest BCUT2D eigenvalue weighted by molar-refractivity contribution is 7.85. The van der Waals surface area contributed by atoms with E-state index in [0.717, 1.165) is 6.92 Å². The fourth-order valence-corrected chi connectivity index (χ4v) is 1.15. The van der Waals surface area contributed by atoms with E-state index >= 15 is 0 Å². The first-order chi connectivity index (χ1) is 6.13. The fourth-order valence-electron chi connectivity index (χ4n) is 0.597. The molecule has 0 aliphatic carbocycles. The van der Waals surface area contributed by atoms with Crippen LogP contribution in [-0.4, -0.2) is 21.1 Å². The number of hydrogen-bond donors (Lipinski definition) is 0. The molecule has 0 aliphatic heterocycles. The van der Waals surface area contributed by atoms with Gasteiger partial charge in [0.15, 0.2) is 0 Å². The second-order valence-electron chi connectivity index (χ2n) is 4.26. The van der Waals surface area contributed by atoms with Crippen molar-refractivity contribution in [2.45, 2.75) is 51.2 Å². The first kappa shape index (κ1) is 13.7. The highest BCUT2D eigenvalue weighted by Crippen LogP contribution is 2.18. The third-order valence-corrected chi connectivity index (χ3v) is 2.79. The van der Waals surface area contributed by atoms with Crippen LogP contribution >= 0.6 is 0 Å². The summed E-state index contributed by atoms with van der Waals surface area (Å²) in [5, 5.41) is 0. The van der Waals surface area contributed by atoms with Gasteiger partial charge in [-0.05, 0) is 34.1 Å². The molecule has 84 valence electrons. The van der Waals surface area contributed by atoms with Gasteiger partial charge in [-0.25, -0.2) is 13.0 Å². The van der Waals surface area contributed by atoms with Gasteiger partial charge in [0.2, 0.25) is 5.92 Å². The Hall–Kier alpha value is -0.320. The Bertz CT molecular complexity index is 228. The molecule has 0 amide bonds. The molecule has 2 nitrogen and oxygen atoms in total. The number of rotatable bonds is 4. The molecule has 0 heterocycles. The van der Waals surface area contributed by atoms with Crippen LogP contribution in [0.25, 0.3) is 0 Å². The number of alkyl halides is 2. The van der Waals surface area contributed by atoms with Gasteiger partial charge in [0.05, 0.1) is 4.75 Å². The number of nitrogens with zero attached hydrogens (tertiary/aromatic N) is 1. The molecule has 0 aromatic rings. The molecule has 0 radical (unpaired) electrons. The van der Waals surface area contributed by atoms with Crippen molar-refractivity contribution in [1.29, 1.82) is 0 Å². The van der Waals surface area contributed by atoms with Crippen LogP contribution in [0.5, 0.6) is 0 Å². The Morgan fingerprint density at radius 2 is 1.79 bits per heavy atom. The molecule has 5 heteroatoms. The van der Waals surface area contributed by atoms with E-state index in [0.29, 0.717) is 0 Å². The van der Waals surface area contributed by atoms with Crippen LogP contribution in [0.1, 0.15) is 40.5 Å². The zero-order valence-corrected chi connectivity index (χ0v) is 9.83. The number of halogens is 2. The smallest absolute Gasteiger partial charge is 0.234 e. The van der Waals surface area contributed by atoms with Gasteiger partial charge in [0.1, 0.15) is 11.0 Å². The average Bonchev–Trinajstić information content (AvgIpc) is 1.93. The van der Waals surface area contributed by atoms with Crippen LogP contribution in [0.2, 0.25) is 0 Å². The van der Waals surface area contributed by atoms with Gasteiger partial charge >= 0.3 is 0 Å². The molecule has 0 rings (SSSR count). The second kappa shape index (κ2) is 4.96. The first-order valence-corrected chi connectivity index (χ1v) is 5.56. The Balaban J connectivity index is 3.92. The van der Waals surface area contributed by atoms with Crippen molar-refractivity contribution < 1.29 is 13.0 Å². The standard InChI is InChI=1S/C9H17F2NOS/c1-8(2,3)14(13)12-7-5-6-9(4,10)11/h7H,5-6H2,1-4H3/t14-/m0/s1. The van der Waals surface area contributed by atoms with E-state index in [9.17, 15) is 13.0 Å². The van der Waals surface area contributed by atoms with Gasteiger partial charge in [0.25, 0.3) is 0 Å². The van der Waals surface area contributed by atoms with Crippen LogP contribution in [-0.2, 0) is 11.0 Å². The minimum atomic E-state index is -2.67. The van der Waals surface area contributed by atoms with Gasteiger partial charge in [0, 0.05) is 12.6 Å². The fraction of sp³-hybridized carbons (Fsp3) is 0.889. The average molecular weight is 225 g/mol. The van der Waals surface area contributed by atoms with Crippen molar-refractivity contribution in [1.82, 2.24) is 0 Å². The van der Waals surface area contributed by atoms with Crippen molar-refractivity contribution >= 4 is 17.2 Å². The summed E-state index contributed by atoms with van der Waals surface area (Å²) in [5.41, 5.74) is 0. The predicted octanol–water partition coefficient (Wildman–Crippen LogP) is 2.95. The quantitative estimate of drug-likeness (QED) is 0.676. The van der Waals surface area contributed by atoms with Gasteiger partial charge in [-0.15, -0.1) is 0 Å². The largest absolute Gasteiger partial charge is 0.245 e. The zero-order valence-electron chi connectivity index (χ0n) is 9.01. The first-order valence-electron chi connectivity index (χ1n) is 4.45. The lowest BCUT2D eigenvalue weighted by atomic mass is 10.2. The lowest BCUT2D eigenvalue weighted by Gasteiger charge is -2.12. The molecule has 0 unspecified atom stereocenters. The lowest BCUT2D eigenvalue weighted by Crippen LogP contribution is -2.19. The third kappa shape index (κ3) is 7.12. The lowest BCUT2D eigenvalue weighted by molar-refractivity contribution is 0.0154. The molecular weight excluding hydrogens is 208 g/mol. The third-order valence-electron chi connectivity index (χ3n) is 1.41. The maximum absolute atomic E-state index is 12.3. The Kier molecular flexibility index (Phi) is 4.84. The minimum absolute atomic E-state index is 0.158. The van der Waals surface area contributed by atoms with Crippen molar-refractivity contribution in [2.75, 3.05) is 0 Å². The molecule has 0 aromatic heterocycles. The van der Waals surface area contributed by atoms with Gasteiger partial charge in [-0.1, -0.05) is 0 Å². The molecule has 0 aromatic carbocycles. The highest BCUT2D eigenvalue weighted by atomic mass is 32.2. The van der Waals surface area contributed by atoms with Crippen LogP contribution in [0.15, 0.2) is 4.40 Å². The van der Waals surface area contributed by atoms with Crippen molar-refractivity contribution in [3.8, 4) is 0 Å². The van der Waals surface area contributed by atoms with Crippen LogP contribution in [0.4, 0.5) is 8.78 Å². The molecule has 1 atom stereocenters. The van der Waals surface area contributed by atoms with E-state index in [-0.39, 0.29) is 12.8 Å². The van der Waals surface area contributed by atoms with E-state index in [4.69, 9.17) is 0 Å². The van der Waals surface area contributed by atoms with E-state index < -0.39 is 21.7 Å². The van der Waals surface area contributed by atoms with E-state index in [1.165, 1.54) is 6.21 Å². The summed E-state index contributed by atoms with van der Waals surface area (Å²) in [6.07, 6.45) is 1.22. The van der Waals surface area contributed by atoms with Gasteiger partial charge in [-0.3, -0.25) is 0 Å². The monoisotopic (exact) mass is 225 g/mol. The summed E-state index contributed by atoms with van der Waals surface area (Å²) >= 11 is 0. The predicted molar refractivity (Wildman–Crippen MR) is 56.2 cm³/mol. The Labute approximate surface area is 86.4 Å². The summed E-state index contributed by atoms with van der Waals surface area (Å²) < 4.78 is 39.3. The zero-order chi connectivity index (χ0) is 11.4. The van der Waals surface area contributed by atoms with E-state index in [1.807, 2.05) is 0 Å². The minimum Gasteiger partial charge on any atom is -0.234 e. The van der Waals surface area contributed by atoms with Crippen LogP contribution in [0, 0.1) is 0 Å². The van der Waals surface area contributed by atoms with Crippen molar-refractivity contribution in [3.05, 3.63) is 0 Å². The summed E-state index contributed by atoms with van der Waals surface area (Å²) in [5.74, 6) is -2.67. The Morgan fingerprint density at radius 1 is 1.29 bits per heavy atom. The highest BCUT2D eigenvalue weighted by Gasteiger charge is 2.20. The van der Waals surface area contributed by atoms with Crippen molar-refractivity contribution in [3.63, 3.8) is 0 Å². The molecule has 0 N–H and O–H groups in total. The molecule has 14 heavy (non-hydrogen) atoms. The summed E-state index contributed by atoms with van der Waals surface area (Å²) in [6, 6.07) is 0. The van der Waals surface area contributed by atoms with Crippen LogP contribution in [0.3, 0.4) is 0 Å². The van der Waals surface area contributed by atoms with Crippen molar-refractivity contribution in [2.24, 2.45) is 4.40 Å². The van der Waals surface area contributed by atoms with E-state index in [1.54, 1.807) is 20.8 Å². The normalized spacial score (nSPS) is 16.1. The molecule has 0 aliphatic rings. The molecular formula is C9H17F2NOS. The van der Waals surface area contributed by atoms with Gasteiger partial charge < -0.3 is 0 Å². The van der Waals surface area contributed by atoms with E-state index in [2.05, 4.69) is 4.40 Å². The summed E-state index contributed by atoms with van der Waals surface area (Å²) in [7, 11) is -1.34. The maximum Gasteiger partial charge on any atom is 0.245 e. The molecule has 0 fully saturated rings. The molecule has 0 spiro atoms. The SMILES string of the molecule is CC(F)(F)CCC=N[S@@](=O)C(C)(C)C.